The first kappa shape index (κ1) is 10.2. The maximum atomic E-state index is 11.5. The van der Waals surface area contributed by atoms with Crippen molar-refractivity contribution in [3.05, 3.63) is 30.0 Å². The molecule has 1 aromatic carbocycles. The Morgan fingerprint density at radius 1 is 1.47 bits per heavy atom. The van der Waals surface area contributed by atoms with Crippen LogP contribution >= 0.6 is 0 Å². The molecule has 3 rings (SSSR count). The van der Waals surface area contributed by atoms with Crippen LogP contribution in [0.4, 0.5) is 0 Å². The van der Waals surface area contributed by atoms with Crippen LogP contribution in [0.25, 0.3) is 10.9 Å². The number of carbonyl (C=O) groups is 1. The minimum absolute atomic E-state index is 0.303. The second-order valence-corrected chi connectivity index (χ2v) is 4.16. The topological polar surface area (TPSA) is 51.3 Å². The third-order valence-electron chi connectivity index (χ3n) is 3.17. The van der Waals surface area contributed by atoms with Gasteiger partial charge in [0.25, 0.3) is 0 Å². The monoisotopic (exact) mass is 231 g/mol. The van der Waals surface area contributed by atoms with Crippen LogP contribution in [0.5, 0.6) is 5.75 Å². The predicted molar refractivity (Wildman–Crippen MR) is 63.1 cm³/mol. The second-order valence-electron chi connectivity index (χ2n) is 4.16. The molecular weight excluding hydrogens is 218 g/mol. The molecule has 0 saturated carbocycles. The van der Waals surface area contributed by atoms with E-state index < -0.39 is 6.10 Å². The Hall–Kier alpha value is -1.97. The van der Waals surface area contributed by atoms with E-state index in [2.05, 4.69) is 4.98 Å². The Kier molecular flexibility index (Phi) is 2.28. The fraction of sp³-hybridized carbons (Fsp3) is 0.308. The highest BCUT2D eigenvalue weighted by Gasteiger charge is 2.27. The normalized spacial score (nSPS) is 18.5. The lowest BCUT2D eigenvalue weighted by atomic mass is 10.0. The number of nitrogens with one attached hydrogen (secondary N) is 1. The van der Waals surface area contributed by atoms with E-state index in [-0.39, 0.29) is 5.97 Å². The number of H-pyrrole nitrogens is 1. The van der Waals surface area contributed by atoms with E-state index in [0.717, 1.165) is 28.6 Å². The molecule has 4 heteroatoms. The van der Waals surface area contributed by atoms with Crippen LogP contribution in [0, 0.1) is 0 Å². The third kappa shape index (κ3) is 1.56. The fourth-order valence-corrected chi connectivity index (χ4v) is 2.27. The number of rotatable bonds is 1. The summed E-state index contributed by atoms with van der Waals surface area (Å²) in [4.78, 5) is 14.6. The van der Waals surface area contributed by atoms with E-state index in [0.29, 0.717) is 6.42 Å². The molecular formula is C13H13NO3. The van der Waals surface area contributed by atoms with Gasteiger partial charge in [0.1, 0.15) is 5.75 Å². The quantitative estimate of drug-likeness (QED) is 0.764. The lowest BCUT2D eigenvalue weighted by Gasteiger charge is -2.24. The smallest absolute Gasteiger partial charge is 0.347 e. The lowest BCUT2D eigenvalue weighted by molar-refractivity contribution is -0.149. The molecule has 17 heavy (non-hydrogen) atoms. The minimum Gasteiger partial charge on any atom is -0.478 e. The molecule has 1 unspecified atom stereocenters. The van der Waals surface area contributed by atoms with Gasteiger partial charge in [-0.3, -0.25) is 0 Å². The van der Waals surface area contributed by atoms with Crippen molar-refractivity contribution in [3.63, 3.8) is 0 Å². The number of esters is 1. The number of hydrogen-bond acceptors (Lipinski definition) is 3. The van der Waals surface area contributed by atoms with Crippen molar-refractivity contribution in [1.82, 2.24) is 4.98 Å². The van der Waals surface area contributed by atoms with E-state index in [1.807, 2.05) is 24.4 Å². The van der Waals surface area contributed by atoms with E-state index in [1.165, 1.54) is 7.11 Å². The molecule has 88 valence electrons. The molecule has 4 nitrogen and oxygen atoms in total. The zero-order chi connectivity index (χ0) is 11.8. The van der Waals surface area contributed by atoms with Crippen LogP contribution in [-0.4, -0.2) is 24.2 Å². The summed E-state index contributed by atoms with van der Waals surface area (Å²) in [5.74, 6) is 0.508. The molecule has 0 bridgehead atoms. The Bertz CT molecular complexity index is 573. The number of aryl methyl sites for hydroxylation is 1. The first-order valence-corrected chi connectivity index (χ1v) is 5.63. The maximum Gasteiger partial charge on any atom is 0.347 e. The average molecular weight is 231 g/mol. The van der Waals surface area contributed by atoms with Crippen molar-refractivity contribution in [2.45, 2.75) is 18.9 Å². The molecule has 1 atom stereocenters. The number of aromatic nitrogens is 1. The minimum atomic E-state index is -0.479. The maximum absolute atomic E-state index is 11.5. The molecule has 1 N–H and O–H groups in total. The van der Waals surface area contributed by atoms with Crippen molar-refractivity contribution in [1.29, 1.82) is 0 Å². The summed E-state index contributed by atoms with van der Waals surface area (Å²) in [6.45, 7) is 0. The van der Waals surface area contributed by atoms with Gasteiger partial charge in [-0.1, -0.05) is 6.07 Å². The molecule has 1 aromatic heterocycles. The van der Waals surface area contributed by atoms with Crippen LogP contribution in [0.2, 0.25) is 0 Å². The fourth-order valence-electron chi connectivity index (χ4n) is 2.27. The lowest BCUT2D eigenvalue weighted by Crippen LogP contribution is -2.32. The summed E-state index contributed by atoms with van der Waals surface area (Å²) in [6, 6.07) is 6.05. The molecule has 0 radical (unpaired) electrons. The van der Waals surface area contributed by atoms with Gasteiger partial charge in [0.05, 0.1) is 7.11 Å². The SMILES string of the molecule is COC(=O)C1CCc2ccc3[nH]ccc3c2O1. The van der Waals surface area contributed by atoms with Crippen LogP contribution in [0.3, 0.4) is 0 Å². The number of benzene rings is 1. The highest BCUT2D eigenvalue weighted by molar-refractivity contribution is 5.88. The van der Waals surface area contributed by atoms with E-state index in [9.17, 15) is 4.79 Å². The Morgan fingerprint density at radius 2 is 2.35 bits per heavy atom. The summed E-state index contributed by atoms with van der Waals surface area (Å²) in [5.41, 5.74) is 2.17. The summed E-state index contributed by atoms with van der Waals surface area (Å²) in [7, 11) is 1.39. The van der Waals surface area contributed by atoms with E-state index in [4.69, 9.17) is 9.47 Å². The van der Waals surface area contributed by atoms with Crippen molar-refractivity contribution in [2.24, 2.45) is 0 Å². The van der Waals surface area contributed by atoms with Crippen molar-refractivity contribution < 1.29 is 14.3 Å². The van der Waals surface area contributed by atoms with Crippen LogP contribution in [-0.2, 0) is 16.0 Å². The Labute approximate surface area is 98.5 Å². The summed E-state index contributed by atoms with van der Waals surface area (Å²) >= 11 is 0. The number of methoxy groups -OCH3 is 1. The third-order valence-corrected chi connectivity index (χ3v) is 3.17. The molecule has 0 amide bonds. The van der Waals surface area contributed by atoms with Gasteiger partial charge in [0.15, 0.2) is 6.10 Å². The largest absolute Gasteiger partial charge is 0.478 e. The van der Waals surface area contributed by atoms with Gasteiger partial charge in [0.2, 0.25) is 0 Å². The Morgan fingerprint density at radius 3 is 3.18 bits per heavy atom. The highest BCUT2D eigenvalue weighted by atomic mass is 16.6. The molecule has 0 saturated heterocycles. The molecule has 1 aliphatic rings. The van der Waals surface area contributed by atoms with E-state index in [1.54, 1.807) is 0 Å². The zero-order valence-electron chi connectivity index (χ0n) is 9.53. The number of aromatic amines is 1. The van der Waals surface area contributed by atoms with Crippen LogP contribution in [0.1, 0.15) is 12.0 Å². The first-order chi connectivity index (χ1) is 8.29. The van der Waals surface area contributed by atoms with Gasteiger partial charge >= 0.3 is 5.97 Å². The average Bonchev–Trinajstić information content (AvgIpc) is 2.85. The summed E-state index contributed by atoms with van der Waals surface area (Å²) in [6.07, 6.45) is 2.91. The van der Waals surface area contributed by atoms with Gasteiger partial charge in [-0.05, 0) is 30.5 Å². The first-order valence-electron chi connectivity index (χ1n) is 5.63. The number of hydrogen-bond donors (Lipinski definition) is 1. The van der Waals surface area contributed by atoms with E-state index >= 15 is 0 Å². The molecule has 0 spiro atoms. The predicted octanol–water partition coefficient (Wildman–Crippen LogP) is 2.03. The van der Waals surface area contributed by atoms with Gasteiger partial charge < -0.3 is 14.5 Å². The molecule has 1 aliphatic heterocycles. The second kappa shape index (κ2) is 3.80. The van der Waals surface area contributed by atoms with Crippen molar-refractivity contribution >= 4 is 16.9 Å². The molecule has 0 aliphatic carbocycles. The zero-order valence-corrected chi connectivity index (χ0v) is 9.53. The van der Waals surface area contributed by atoms with Gasteiger partial charge in [-0.15, -0.1) is 0 Å². The molecule has 2 aromatic rings. The Balaban J connectivity index is 2.04. The van der Waals surface area contributed by atoms with Gasteiger partial charge in [-0.2, -0.15) is 0 Å². The standard InChI is InChI=1S/C13H13NO3/c1-16-13(15)11-5-3-8-2-4-10-9(6-7-14-10)12(8)17-11/h2,4,6-7,11,14H,3,5H2,1H3. The highest BCUT2D eigenvalue weighted by Crippen LogP contribution is 2.35. The van der Waals surface area contributed by atoms with Crippen molar-refractivity contribution in [3.8, 4) is 5.75 Å². The summed E-state index contributed by atoms with van der Waals surface area (Å²) < 4.78 is 10.5. The number of ether oxygens (including phenoxy) is 2. The summed E-state index contributed by atoms with van der Waals surface area (Å²) in [5, 5.41) is 1.02. The van der Waals surface area contributed by atoms with Gasteiger partial charge in [-0.25, -0.2) is 4.79 Å². The molecule has 0 fully saturated rings. The van der Waals surface area contributed by atoms with Crippen molar-refractivity contribution in [2.75, 3.05) is 7.11 Å². The van der Waals surface area contributed by atoms with Crippen LogP contribution in [0.15, 0.2) is 24.4 Å². The number of fused-ring (bicyclic) bond motifs is 3. The van der Waals surface area contributed by atoms with Gasteiger partial charge in [0, 0.05) is 17.1 Å². The number of carbonyl (C=O) groups excluding carboxylic acids is 1. The molecule has 2 heterocycles. The van der Waals surface area contributed by atoms with Crippen LogP contribution < -0.4 is 4.74 Å².